The Morgan fingerprint density at radius 3 is 2.00 bits per heavy atom. The summed E-state index contributed by atoms with van der Waals surface area (Å²) in [6.07, 6.45) is 6.57. The van der Waals surface area contributed by atoms with Crippen molar-refractivity contribution in [1.29, 1.82) is 0 Å². The molecule has 2 aliphatic rings. The number of carbonyl (C=O) groups excluding carboxylic acids is 1. The highest BCUT2D eigenvalue weighted by Gasteiger charge is 2.37. The lowest BCUT2D eigenvalue weighted by Crippen LogP contribution is -2.50. The van der Waals surface area contributed by atoms with E-state index < -0.39 is 20.0 Å². The van der Waals surface area contributed by atoms with Gasteiger partial charge in [0.05, 0.1) is 5.69 Å². The summed E-state index contributed by atoms with van der Waals surface area (Å²) in [6, 6.07) is 12.0. The van der Waals surface area contributed by atoms with Crippen LogP contribution in [0.15, 0.2) is 83.1 Å². The van der Waals surface area contributed by atoms with Crippen molar-refractivity contribution in [2.75, 3.05) is 43.1 Å². The first-order valence-corrected chi connectivity index (χ1v) is 15.9. The summed E-state index contributed by atoms with van der Waals surface area (Å²) in [6.45, 7) is 4.24. The predicted octanol–water partition coefficient (Wildman–Crippen LogP) is 2.13. The lowest BCUT2D eigenvalue weighted by Gasteiger charge is -2.37. The van der Waals surface area contributed by atoms with E-state index in [1.807, 2.05) is 11.0 Å². The third kappa shape index (κ3) is 6.02. The summed E-state index contributed by atoms with van der Waals surface area (Å²) in [5, 5.41) is 0. The first-order chi connectivity index (χ1) is 19.3. The van der Waals surface area contributed by atoms with Crippen molar-refractivity contribution in [2.45, 2.75) is 29.2 Å². The number of ether oxygens (including phenoxy) is 1. The number of amides is 1. The fourth-order valence-corrected chi connectivity index (χ4v) is 8.56. The summed E-state index contributed by atoms with van der Waals surface area (Å²) in [4.78, 5) is 24.2. The van der Waals surface area contributed by atoms with Crippen molar-refractivity contribution in [3.8, 4) is 0 Å². The van der Waals surface area contributed by atoms with Gasteiger partial charge in [-0.05, 0) is 54.8 Å². The summed E-state index contributed by atoms with van der Waals surface area (Å²) in [5.74, 6) is 0.202. The molecule has 0 bridgehead atoms. The average molecular weight is 586 g/mol. The van der Waals surface area contributed by atoms with Crippen molar-refractivity contribution in [2.24, 2.45) is 5.92 Å². The molecule has 0 unspecified atom stereocenters. The Labute approximate surface area is 234 Å². The van der Waals surface area contributed by atoms with E-state index in [4.69, 9.17) is 4.74 Å². The van der Waals surface area contributed by atoms with Gasteiger partial charge in [-0.1, -0.05) is 12.1 Å². The van der Waals surface area contributed by atoms with Crippen LogP contribution in [0.2, 0.25) is 0 Å². The molecule has 40 heavy (non-hydrogen) atoms. The minimum absolute atomic E-state index is 0.0152. The number of nitrogens with zero attached hydrogens (tertiary/aromatic N) is 5. The third-order valence-corrected chi connectivity index (χ3v) is 11.2. The number of pyridine rings is 2. The molecular formula is C27H31N5O6S2. The third-order valence-electron chi connectivity index (χ3n) is 7.08. The summed E-state index contributed by atoms with van der Waals surface area (Å²) in [5.41, 5.74) is 0.730. The Morgan fingerprint density at radius 2 is 1.45 bits per heavy atom. The molecule has 13 heteroatoms. The molecule has 3 aromatic rings. The van der Waals surface area contributed by atoms with Gasteiger partial charge in [0.2, 0.25) is 5.91 Å². The largest absolute Gasteiger partial charge is 0.381 e. The van der Waals surface area contributed by atoms with E-state index in [1.54, 1.807) is 12.1 Å². The number of hydrogen-bond donors (Lipinski definition) is 0. The van der Waals surface area contributed by atoms with Crippen LogP contribution in [0, 0.1) is 5.92 Å². The molecule has 5 rings (SSSR count). The van der Waals surface area contributed by atoms with Gasteiger partial charge < -0.3 is 9.64 Å². The number of carbonyl (C=O) groups is 1. The first-order valence-electron chi connectivity index (χ1n) is 13.1. The molecule has 1 aromatic carbocycles. The fourth-order valence-electron chi connectivity index (χ4n) is 4.95. The smallest absolute Gasteiger partial charge is 0.279 e. The molecule has 0 spiro atoms. The Balaban J connectivity index is 1.38. The van der Waals surface area contributed by atoms with E-state index in [-0.39, 0.29) is 27.3 Å². The van der Waals surface area contributed by atoms with E-state index in [2.05, 4.69) is 14.9 Å². The van der Waals surface area contributed by atoms with Crippen LogP contribution in [0.5, 0.6) is 0 Å². The highest BCUT2D eigenvalue weighted by atomic mass is 32.3. The van der Waals surface area contributed by atoms with Crippen LogP contribution in [0.25, 0.3) is 0 Å². The van der Waals surface area contributed by atoms with Crippen LogP contribution in [0.4, 0.5) is 5.69 Å². The molecule has 0 saturated carbocycles. The van der Waals surface area contributed by atoms with Crippen LogP contribution in [0.1, 0.15) is 18.4 Å². The molecule has 212 valence electrons. The molecule has 11 nitrogen and oxygen atoms in total. The standard InChI is InChI=1S/C27H31N5O6S2/c33-27(23-8-16-38-17-9-23)31-14-12-30(13-15-31)21-22-4-1-5-24(18-22)32(39(34,35)25-6-2-10-28-19-25)40(36,37)26-7-3-11-29-20-26/h1-7,10-11,18-20,23H,8-9,12-17,21H2. The van der Waals surface area contributed by atoms with E-state index in [1.165, 1.54) is 42.7 Å². The van der Waals surface area contributed by atoms with Gasteiger partial charge in [-0.25, -0.2) is 0 Å². The van der Waals surface area contributed by atoms with Crippen molar-refractivity contribution in [3.63, 3.8) is 0 Å². The van der Waals surface area contributed by atoms with Gasteiger partial charge in [0.1, 0.15) is 9.79 Å². The van der Waals surface area contributed by atoms with E-state index >= 15 is 0 Å². The van der Waals surface area contributed by atoms with Crippen molar-refractivity contribution in [3.05, 3.63) is 78.9 Å². The van der Waals surface area contributed by atoms with Crippen LogP contribution >= 0.6 is 0 Å². The molecule has 2 saturated heterocycles. The summed E-state index contributed by atoms with van der Waals surface area (Å²) >= 11 is 0. The maximum atomic E-state index is 13.7. The Kier molecular flexibility index (Phi) is 8.45. The van der Waals surface area contributed by atoms with Gasteiger partial charge in [0, 0.05) is 76.6 Å². The second-order valence-electron chi connectivity index (χ2n) is 9.74. The quantitative estimate of drug-likeness (QED) is 0.390. The maximum absolute atomic E-state index is 13.7. The van der Waals surface area contributed by atoms with Gasteiger partial charge >= 0.3 is 0 Å². The van der Waals surface area contributed by atoms with Crippen molar-refractivity contribution < 1.29 is 26.4 Å². The Bertz CT molecular complexity index is 1450. The minimum Gasteiger partial charge on any atom is -0.381 e. The molecule has 0 N–H and O–H groups in total. The maximum Gasteiger partial charge on any atom is 0.279 e. The number of benzene rings is 1. The van der Waals surface area contributed by atoms with Gasteiger partial charge in [0.25, 0.3) is 20.0 Å². The van der Waals surface area contributed by atoms with Crippen molar-refractivity contribution in [1.82, 2.24) is 19.8 Å². The number of hydrogen-bond acceptors (Lipinski definition) is 9. The summed E-state index contributed by atoms with van der Waals surface area (Å²) in [7, 11) is -9.10. The molecule has 2 aliphatic heterocycles. The number of piperazine rings is 1. The monoisotopic (exact) mass is 585 g/mol. The van der Waals surface area contributed by atoms with Gasteiger partial charge in [-0.2, -0.15) is 20.5 Å². The second-order valence-corrected chi connectivity index (χ2v) is 13.5. The van der Waals surface area contributed by atoms with E-state index in [0.717, 1.165) is 30.8 Å². The normalized spacial score (nSPS) is 17.4. The van der Waals surface area contributed by atoms with Crippen LogP contribution < -0.4 is 3.71 Å². The highest BCUT2D eigenvalue weighted by Crippen LogP contribution is 2.31. The molecule has 4 heterocycles. The molecule has 1 amide bonds. The molecule has 2 fully saturated rings. The molecule has 0 radical (unpaired) electrons. The minimum atomic E-state index is -4.55. The topological polar surface area (TPSA) is 130 Å². The van der Waals surface area contributed by atoms with Crippen molar-refractivity contribution >= 4 is 31.6 Å². The Hall–Kier alpha value is -3.39. The zero-order valence-electron chi connectivity index (χ0n) is 21.9. The van der Waals surface area contributed by atoms with E-state index in [9.17, 15) is 21.6 Å². The van der Waals surface area contributed by atoms with Gasteiger partial charge in [0.15, 0.2) is 0 Å². The molecular weight excluding hydrogens is 554 g/mol. The number of anilines is 1. The Morgan fingerprint density at radius 1 is 0.850 bits per heavy atom. The summed E-state index contributed by atoms with van der Waals surface area (Å²) < 4.78 is 60.7. The number of sulfonamides is 2. The number of aromatic nitrogens is 2. The van der Waals surface area contributed by atoms with Crippen LogP contribution in [-0.4, -0.2) is 81.9 Å². The van der Waals surface area contributed by atoms with E-state index in [0.29, 0.717) is 49.6 Å². The van der Waals surface area contributed by atoms with Crippen LogP contribution in [-0.2, 0) is 36.1 Å². The predicted molar refractivity (Wildman–Crippen MR) is 147 cm³/mol. The lowest BCUT2D eigenvalue weighted by atomic mass is 9.98. The zero-order valence-corrected chi connectivity index (χ0v) is 23.5. The highest BCUT2D eigenvalue weighted by molar-refractivity contribution is 8.10. The number of rotatable bonds is 8. The first kappa shape index (κ1) is 28.1. The molecule has 2 aromatic heterocycles. The lowest BCUT2D eigenvalue weighted by molar-refractivity contribution is -0.140. The fraction of sp³-hybridized carbons (Fsp3) is 0.370. The van der Waals surface area contributed by atoms with Gasteiger partial charge in [-0.15, -0.1) is 0 Å². The van der Waals surface area contributed by atoms with Crippen LogP contribution in [0.3, 0.4) is 0 Å². The average Bonchev–Trinajstić information content (AvgIpc) is 2.98. The molecule has 0 aliphatic carbocycles. The molecule has 0 atom stereocenters. The SMILES string of the molecule is O=C(C1CCOCC1)N1CCN(Cc2cccc(N(S(=O)(=O)c3cccnc3)S(=O)(=O)c3cccnc3)c2)CC1. The van der Waals surface area contributed by atoms with Gasteiger partial charge in [-0.3, -0.25) is 19.7 Å². The second kappa shape index (κ2) is 12.0. The zero-order chi connectivity index (χ0) is 28.2.